The van der Waals surface area contributed by atoms with Gasteiger partial charge in [0, 0.05) is 24.8 Å². The first kappa shape index (κ1) is 19.7. The second kappa shape index (κ2) is 8.39. The molecule has 6 nitrogen and oxygen atoms in total. The highest BCUT2D eigenvalue weighted by Gasteiger charge is 2.31. The predicted molar refractivity (Wildman–Crippen MR) is 113 cm³/mol. The number of aryl methyl sites for hydroxylation is 1. The lowest BCUT2D eigenvalue weighted by molar-refractivity contribution is 0.0931. The van der Waals surface area contributed by atoms with E-state index in [1.165, 1.54) is 0 Å². The molecule has 29 heavy (non-hydrogen) atoms. The molecule has 0 atom stereocenters. The maximum atomic E-state index is 13.5. The van der Waals surface area contributed by atoms with Gasteiger partial charge in [0.25, 0.3) is 11.8 Å². The number of anilines is 1. The maximum Gasteiger partial charge on any atom is 0.294 e. The number of hydrogen-bond acceptors (Lipinski definition) is 3. The summed E-state index contributed by atoms with van der Waals surface area (Å²) in [5.74, 6) is 0.126. The van der Waals surface area contributed by atoms with Crippen LogP contribution in [0.25, 0.3) is 0 Å². The normalized spacial score (nSPS) is 16.5. The number of fused-ring (bicyclic) bond motifs is 1. The number of rotatable bonds is 5. The molecule has 1 aromatic carbocycles. The molecule has 2 amide bonds. The monoisotopic (exact) mass is 394 g/mol. The molecule has 2 aliphatic rings. The van der Waals surface area contributed by atoms with Crippen molar-refractivity contribution >= 4 is 17.5 Å². The Bertz CT molecular complexity index is 912. The first-order chi connectivity index (χ1) is 14.1. The molecular weight excluding hydrogens is 364 g/mol. The van der Waals surface area contributed by atoms with Gasteiger partial charge >= 0.3 is 0 Å². The van der Waals surface area contributed by atoms with Crippen LogP contribution in [-0.2, 0) is 13.0 Å². The van der Waals surface area contributed by atoms with E-state index < -0.39 is 0 Å². The lowest BCUT2D eigenvalue weighted by atomic mass is 10.1. The number of hydrogen-bond donors (Lipinski definition) is 1. The number of aromatic nitrogens is 2. The van der Waals surface area contributed by atoms with Gasteiger partial charge in [-0.3, -0.25) is 9.59 Å². The van der Waals surface area contributed by atoms with Crippen LogP contribution in [0.15, 0.2) is 24.3 Å². The summed E-state index contributed by atoms with van der Waals surface area (Å²) in [5.41, 5.74) is 3.33. The van der Waals surface area contributed by atoms with Crippen molar-refractivity contribution in [3.05, 3.63) is 47.0 Å². The summed E-state index contributed by atoms with van der Waals surface area (Å²) in [6.45, 7) is 5.28. The number of amides is 2. The van der Waals surface area contributed by atoms with E-state index in [9.17, 15) is 9.59 Å². The second-order valence-electron chi connectivity index (χ2n) is 8.18. The summed E-state index contributed by atoms with van der Waals surface area (Å²) in [7, 11) is 0. The van der Waals surface area contributed by atoms with Gasteiger partial charge in [0.05, 0.1) is 5.69 Å². The molecule has 1 fully saturated rings. The first-order valence-electron chi connectivity index (χ1n) is 10.9. The topological polar surface area (TPSA) is 67.2 Å². The van der Waals surface area contributed by atoms with Crippen LogP contribution in [0, 0.1) is 6.92 Å². The van der Waals surface area contributed by atoms with E-state index in [1.807, 2.05) is 42.7 Å². The third-order valence-electron chi connectivity index (χ3n) is 6.09. The Balaban J connectivity index is 1.66. The van der Waals surface area contributed by atoms with Gasteiger partial charge in [0.2, 0.25) is 5.82 Å². The Hall–Kier alpha value is -2.63. The minimum atomic E-state index is -0.138. The van der Waals surface area contributed by atoms with Gasteiger partial charge in [-0.15, -0.1) is 0 Å². The first-order valence-corrected chi connectivity index (χ1v) is 10.9. The molecule has 0 radical (unpaired) electrons. The smallest absolute Gasteiger partial charge is 0.294 e. The highest BCUT2D eigenvalue weighted by atomic mass is 16.2. The summed E-state index contributed by atoms with van der Waals surface area (Å²) < 4.78 is 1.98. The van der Waals surface area contributed by atoms with Crippen molar-refractivity contribution in [1.82, 2.24) is 14.9 Å². The number of nitrogens with one attached hydrogen (secondary N) is 1. The Kier molecular flexibility index (Phi) is 5.69. The highest BCUT2D eigenvalue weighted by molar-refractivity contribution is 6.05. The SMILES string of the molecule is CCN(C(=O)c1nc(C(=O)NC2CCCC2)c2n1CCCC2)c1cccc(C)c1. The second-order valence-corrected chi connectivity index (χ2v) is 8.18. The molecule has 1 aromatic heterocycles. The van der Waals surface area contributed by atoms with Crippen molar-refractivity contribution in [2.24, 2.45) is 0 Å². The Morgan fingerprint density at radius 1 is 1.21 bits per heavy atom. The van der Waals surface area contributed by atoms with Crippen molar-refractivity contribution in [1.29, 1.82) is 0 Å². The van der Waals surface area contributed by atoms with Crippen molar-refractivity contribution in [2.75, 3.05) is 11.4 Å². The lowest BCUT2D eigenvalue weighted by Crippen LogP contribution is -2.34. The molecule has 2 heterocycles. The molecule has 0 spiro atoms. The fourth-order valence-electron chi connectivity index (χ4n) is 4.57. The lowest BCUT2D eigenvalue weighted by Gasteiger charge is -2.23. The number of benzene rings is 1. The summed E-state index contributed by atoms with van der Waals surface area (Å²) in [4.78, 5) is 32.8. The Morgan fingerprint density at radius 2 is 2.00 bits per heavy atom. The maximum absolute atomic E-state index is 13.5. The number of carbonyl (C=O) groups excluding carboxylic acids is 2. The molecule has 0 saturated heterocycles. The molecule has 1 N–H and O–H groups in total. The summed E-state index contributed by atoms with van der Waals surface area (Å²) in [6.07, 6.45) is 7.22. The summed E-state index contributed by atoms with van der Waals surface area (Å²) in [5, 5.41) is 3.14. The number of carbonyl (C=O) groups is 2. The van der Waals surface area contributed by atoms with Gasteiger partial charge in [-0.25, -0.2) is 4.98 Å². The van der Waals surface area contributed by atoms with Crippen molar-refractivity contribution in [2.45, 2.75) is 71.4 Å². The van der Waals surface area contributed by atoms with Crippen LogP contribution in [0.2, 0.25) is 0 Å². The van der Waals surface area contributed by atoms with Gasteiger partial charge in [-0.2, -0.15) is 0 Å². The van der Waals surface area contributed by atoms with Gasteiger partial charge in [0.1, 0.15) is 5.69 Å². The molecule has 154 valence electrons. The standard InChI is InChI=1S/C23H30N4O2/c1-3-26(18-12-8-9-16(2)15-18)23(29)21-25-20(19-13-6-7-14-27(19)21)22(28)24-17-10-4-5-11-17/h8-9,12,15,17H,3-7,10-11,13-14H2,1-2H3,(H,24,28). The largest absolute Gasteiger partial charge is 0.348 e. The number of imidazole rings is 1. The Labute approximate surface area is 172 Å². The zero-order chi connectivity index (χ0) is 20.4. The summed E-state index contributed by atoms with van der Waals surface area (Å²) >= 11 is 0. The molecule has 2 aromatic rings. The zero-order valence-corrected chi connectivity index (χ0v) is 17.4. The zero-order valence-electron chi connectivity index (χ0n) is 17.4. The third kappa shape index (κ3) is 3.93. The number of nitrogens with zero attached hydrogens (tertiary/aromatic N) is 3. The van der Waals surface area contributed by atoms with E-state index in [-0.39, 0.29) is 17.9 Å². The molecule has 4 rings (SSSR count). The average molecular weight is 395 g/mol. The van der Waals surface area contributed by atoms with E-state index in [0.29, 0.717) is 18.1 Å². The van der Waals surface area contributed by atoms with Crippen LogP contribution in [0.3, 0.4) is 0 Å². The predicted octanol–water partition coefficient (Wildman–Crippen LogP) is 3.87. The fraction of sp³-hybridized carbons (Fsp3) is 0.522. The van der Waals surface area contributed by atoms with Crippen LogP contribution in [0.4, 0.5) is 5.69 Å². The minimum Gasteiger partial charge on any atom is -0.348 e. The molecule has 6 heteroatoms. The van der Waals surface area contributed by atoms with Crippen molar-refractivity contribution in [3.63, 3.8) is 0 Å². The molecule has 0 unspecified atom stereocenters. The van der Waals surface area contributed by atoms with Crippen molar-refractivity contribution < 1.29 is 9.59 Å². The van der Waals surface area contributed by atoms with Crippen LogP contribution in [0.1, 0.15) is 77.8 Å². The van der Waals surface area contributed by atoms with Crippen LogP contribution < -0.4 is 10.2 Å². The molecular formula is C23H30N4O2. The van der Waals surface area contributed by atoms with E-state index >= 15 is 0 Å². The average Bonchev–Trinajstić information content (AvgIpc) is 3.36. The molecule has 0 bridgehead atoms. The quantitative estimate of drug-likeness (QED) is 0.837. The molecule has 1 aliphatic heterocycles. The van der Waals surface area contributed by atoms with E-state index in [0.717, 1.165) is 68.4 Å². The van der Waals surface area contributed by atoms with Gasteiger partial charge in [-0.05, 0) is 63.6 Å². The minimum absolute atomic E-state index is 0.125. The van der Waals surface area contributed by atoms with E-state index in [4.69, 9.17) is 0 Å². The highest BCUT2D eigenvalue weighted by Crippen LogP contribution is 2.25. The summed E-state index contributed by atoms with van der Waals surface area (Å²) in [6, 6.07) is 8.17. The fourth-order valence-corrected chi connectivity index (χ4v) is 4.57. The third-order valence-corrected chi connectivity index (χ3v) is 6.09. The van der Waals surface area contributed by atoms with E-state index in [2.05, 4.69) is 10.3 Å². The van der Waals surface area contributed by atoms with Gasteiger partial charge < -0.3 is 14.8 Å². The van der Waals surface area contributed by atoms with Crippen LogP contribution in [-0.4, -0.2) is 34.0 Å². The van der Waals surface area contributed by atoms with Crippen LogP contribution >= 0.6 is 0 Å². The van der Waals surface area contributed by atoms with Gasteiger partial charge in [0.15, 0.2) is 0 Å². The van der Waals surface area contributed by atoms with E-state index in [1.54, 1.807) is 4.90 Å². The molecule has 1 saturated carbocycles. The Morgan fingerprint density at radius 3 is 2.72 bits per heavy atom. The van der Waals surface area contributed by atoms with Gasteiger partial charge in [-0.1, -0.05) is 25.0 Å². The van der Waals surface area contributed by atoms with Crippen LogP contribution in [0.5, 0.6) is 0 Å². The van der Waals surface area contributed by atoms with Crippen molar-refractivity contribution in [3.8, 4) is 0 Å². The molecule has 1 aliphatic carbocycles.